The molecule has 0 fully saturated rings. The molecule has 0 aliphatic carbocycles. The predicted molar refractivity (Wildman–Crippen MR) is 69.1 cm³/mol. The zero-order valence-corrected chi connectivity index (χ0v) is 10.6. The van der Waals surface area contributed by atoms with Crippen LogP contribution in [0.3, 0.4) is 0 Å². The SMILES string of the molecule is COc1cnccc1C(=O)NC(C)CC(N)=S. The van der Waals surface area contributed by atoms with Gasteiger partial charge in [0.2, 0.25) is 0 Å². The van der Waals surface area contributed by atoms with E-state index in [1.165, 1.54) is 19.5 Å². The van der Waals surface area contributed by atoms with E-state index in [0.717, 1.165) is 0 Å². The van der Waals surface area contributed by atoms with Gasteiger partial charge in [-0.05, 0) is 13.0 Å². The fourth-order valence-corrected chi connectivity index (χ4v) is 1.63. The van der Waals surface area contributed by atoms with Gasteiger partial charge in [0.25, 0.3) is 5.91 Å². The molecular formula is C11H15N3O2S. The minimum Gasteiger partial charge on any atom is -0.494 e. The number of carbonyl (C=O) groups excluding carboxylic acids is 1. The Balaban J connectivity index is 2.72. The van der Waals surface area contributed by atoms with E-state index >= 15 is 0 Å². The van der Waals surface area contributed by atoms with Crippen molar-refractivity contribution in [3.05, 3.63) is 24.0 Å². The van der Waals surface area contributed by atoms with Gasteiger partial charge in [-0.15, -0.1) is 0 Å². The van der Waals surface area contributed by atoms with Crippen molar-refractivity contribution in [2.24, 2.45) is 5.73 Å². The van der Waals surface area contributed by atoms with Gasteiger partial charge in [0.15, 0.2) is 0 Å². The number of rotatable bonds is 5. The number of nitrogens with zero attached hydrogens (tertiary/aromatic N) is 1. The third-order valence-electron chi connectivity index (χ3n) is 2.13. The first-order chi connectivity index (χ1) is 8.04. The fraction of sp³-hybridized carbons (Fsp3) is 0.364. The molecule has 6 heteroatoms. The zero-order valence-electron chi connectivity index (χ0n) is 9.77. The first-order valence-corrected chi connectivity index (χ1v) is 5.52. The first-order valence-electron chi connectivity index (χ1n) is 5.11. The van der Waals surface area contributed by atoms with E-state index in [9.17, 15) is 4.79 Å². The van der Waals surface area contributed by atoms with Crippen molar-refractivity contribution >= 4 is 23.1 Å². The number of hydrogen-bond acceptors (Lipinski definition) is 4. The number of aromatic nitrogens is 1. The average Bonchev–Trinajstić information content (AvgIpc) is 2.27. The summed E-state index contributed by atoms with van der Waals surface area (Å²) in [5, 5.41) is 2.79. The van der Waals surface area contributed by atoms with Crippen molar-refractivity contribution in [3.8, 4) is 5.75 Å². The van der Waals surface area contributed by atoms with Gasteiger partial charge in [-0.1, -0.05) is 12.2 Å². The second-order valence-electron chi connectivity index (χ2n) is 3.62. The largest absolute Gasteiger partial charge is 0.494 e. The molecule has 0 spiro atoms. The number of nitrogens with one attached hydrogen (secondary N) is 1. The molecule has 0 radical (unpaired) electrons. The van der Waals surface area contributed by atoms with Crippen LogP contribution in [0.5, 0.6) is 5.75 Å². The van der Waals surface area contributed by atoms with Gasteiger partial charge in [-0.2, -0.15) is 0 Å². The maximum Gasteiger partial charge on any atom is 0.255 e. The molecule has 0 saturated heterocycles. The number of pyridine rings is 1. The Morgan fingerprint density at radius 2 is 2.41 bits per heavy atom. The standard InChI is InChI=1S/C11H15N3O2S/c1-7(5-10(12)17)14-11(15)8-3-4-13-6-9(8)16-2/h3-4,6-7H,5H2,1-2H3,(H2,12,17)(H,14,15). The Kier molecular flexibility index (Phi) is 4.84. The van der Waals surface area contributed by atoms with E-state index in [2.05, 4.69) is 10.3 Å². The van der Waals surface area contributed by atoms with Crippen LogP contribution in [0.1, 0.15) is 23.7 Å². The quantitative estimate of drug-likeness (QED) is 0.762. The van der Waals surface area contributed by atoms with Crippen LogP contribution in [-0.4, -0.2) is 29.0 Å². The van der Waals surface area contributed by atoms with Gasteiger partial charge in [0, 0.05) is 18.7 Å². The number of methoxy groups -OCH3 is 1. The van der Waals surface area contributed by atoms with Gasteiger partial charge >= 0.3 is 0 Å². The number of hydrogen-bond donors (Lipinski definition) is 2. The smallest absolute Gasteiger partial charge is 0.255 e. The molecule has 0 aliphatic heterocycles. The third-order valence-corrected chi connectivity index (χ3v) is 2.30. The highest BCUT2D eigenvalue weighted by molar-refractivity contribution is 7.80. The molecule has 1 rings (SSSR count). The Morgan fingerprint density at radius 1 is 1.71 bits per heavy atom. The Hall–Kier alpha value is -1.69. The summed E-state index contributed by atoms with van der Waals surface area (Å²) < 4.78 is 5.06. The number of amides is 1. The van der Waals surface area contributed by atoms with Crippen LogP contribution in [0.4, 0.5) is 0 Å². The summed E-state index contributed by atoms with van der Waals surface area (Å²) in [7, 11) is 1.49. The average molecular weight is 253 g/mol. The first kappa shape index (κ1) is 13.4. The van der Waals surface area contributed by atoms with Crippen molar-refractivity contribution in [2.75, 3.05) is 7.11 Å². The van der Waals surface area contributed by atoms with Crippen LogP contribution in [0.2, 0.25) is 0 Å². The maximum atomic E-state index is 11.9. The van der Waals surface area contributed by atoms with Crippen LogP contribution in [0, 0.1) is 0 Å². The molecule has 17 heavy (non-hydrogen) atoms. The fourth-order valence-electron chi connectivity index (χ4n) is 1.38. The normalized spacial score (nSPS) is 11.6. The highest BCUT2D eigenvalue weighted by atomic mass is 32.1. The molecular weight excluding hydrogens is 238 g/mol. The minimum atomic E-state index is -0.229. The molecule has 92 valence electrons. The molecule has 1 aromatic rings. The molecule has 0 saturated carbocycles. The van der Waals surface area contributed by atoms with Gasteiger partial charge in [-0.25, -0.2) is 0 Å². The second kappa shape index (κ2) is 6.15. The lowest BCUT2D eigenvalue weighted by atomic mass is 10.2. The van der Waals surface area contributed by atoms with E-state index in [4.69, 9.17) is 22.7 Å². The van der Waals surface area contributed by atoms with Crippen molar-refractivity contribution in [1.82, 2.24) is 10.3 Å². The number of nitrogens with two attached hydrogens (primary N) is 1. The molecule has 1 heterocycles. The Morgan fingerprint density at radius 3 is 3.00 bits per heavy atom. The lowest BCUT2D eigenvalue weighted by Gasteiger charge is -2.14. The predicted octanol–water partition coefficient (Wildman–Crippen LogP) is 0.885. The van der Waals surface area contributed by atoms with Gasteiger partial charge < -0.3 is 15.8 Å². The molecule has 1 unspecified atom stereocenters. The van der Waals surface area contributed by atoms with E-state index in [0.29, 0.717) is 22.7 Å². The Bertz CT molecular complexity index is 423. The van der Waals surface area contributed by atoms with E-state index in [1.54, 1.807) is 6.07 Å². The number of ether oxygens (including phenoxy) is 1. The molecule has 3 N–H and O–H groups in total. The molecule has 0 bridgehead atoms. The maximum absolute atomic E-state index is 11.9. The van der Waals surface area contributed by atoms with Gasteiger partial charge in [0.1, 0.15) is 5.75 Å². The van der Waals surface area contributed by atoms with Gasteiger partial charge in [0.05, 0.1) is 23.9 Å². The second-order valence-corrected chi connectivity index (χ2v) is 4.15. The Labute approximate surface area is 105 Å². The van der Waals surface area contributed by atoms with Crippen molar-refractivity contribution in [1.29, 1.82) is 0 Å². The van der Waals surface area contributed by atoms with Crippen LogP contribution < -0.4 is 15.8 Å². The van der Waals surface area contributed by atoms with Gasteiger partial charge in [-0.3, -0.25) is 9.78 Å². The zero-order chi connectivity index (χ0) is 12.8. The summed E-state index contributed by atoms with van der Waals surface area (Å²) in [5.74, 6) is 0.209. The molecule has 1 aromatic heterocycles. The van der Waals surface area contributed by atoms with E-state index in [1.807, 2.05) is 6.92 Å². The molecule has 1 atom stereocenters. The van der Waals surface area contributed by atoms with Crippen LogP contribution in [0.25, 0.3) is 0 Å². The van der Waals surface area contributed by atoms with Crippen LogP contribution >= 0.6 is 12.2 Å². The highest BCUT2D eigenvalue weighted by Gasteiger charge is 2.14. The summed E-state index contributed by atoms with van der Waals surface area (Å²) in [6.45, 7) is 1.84. The molecule has 5 nitrogen and oxygen atoms in total. The summed E-state index contributed by atoms with van der Waals surface area (Å²) in [5.41, 5.74) is 5.85. The topological polar surface area (TPSA) is 77.2 Å². The lowest BCUT2D eigenvalue weighted by molar-refractivity contribution is 0.0938. The summed E-state index contributed by atoms with van der Waals surface area (Å²) in [6.07, 6.45) is 3.50. The summed E-state index contributed by atoms with van der Waals surface area (Å²) >= 11 is 4.78. The molecule has 0 aliphatic rings. The number of carbonyl (C=O) groups is 1. The monoisotopic (exact) mass is 253 g/mol. The minimum absolute atomic E-state index is 0.113. The van der Waals surface area contributed by atoms with Crippen LogP contribution in [-0.2, 0) is 0 Å². The molecule has 0 aromatic carbocycles. The van der Waals surface area contributed by atoms with Crippen LogP contribution in [0.15, 0.2) is 18.5 Å². The van der Waals surface area contributed by atoms with Crippen molar-refractivity contribution < 1.29 is 9.53 Å². The third kappa shape index (κ3) is 3.99. The lowest BCUT2D eigenvalue weighted by Crippen LogP contribution is -2.35. The van der Waals surface area contributed by atoms with E-state index < -0.39 is 0 Å². The number of thiocarbonyl (C=S) groups is 1. The summed E-state index contributed by atoms with van der Waals surface area (Å²) in [6, 6.07) is 1.49. The summed E-state index contributed by atoms with van der Waals surface area (Å²) in [4.78, 5) is 16.2. The highest BCUT2D eigenvalue weighted by Crippen LogP contribution is 2.15. The molecule has 1 amide bonds. The van der Waals surface area contributed by atoms with Crippen molar-refractivity contribution in [2.45, 2.75) is 19.4 Å². The van der Waals surface area contributed by atoms with E-state index in [-0.39, 0.29) is 11.9 Å². The van der Waals surface area contributed by atoms with Crippen molar-refractivity contribution in [3.63, 3.8) is 0 Å².